The van der Waals surface area contributed by atoms with Crippen LogP contribution in [0.3, 0.4) is 0 Å². The molecule has 0 N–H and O–H groups in total. The lowest BCUT2D eigenvalue weighted by Crippen LogP contribution is -2.30. The Morgan fingerprint density at radius 1 is 1.05 bits per heavy atom. The second-order valence-electron chi connectivity index (χ2n) is 4.53. The van der Waals surface area contributed by atoms with Crippen LogP contribution in [-0.4, -0.2) is 19.3 Å². The van der Waals surface area contributed by atoms with Gasteiger partial charge in [0.25, 0.3) is 0 Å². The molecule has 110 valence electrons. The van der Waals surface area contributed by atoms with E-state index in [1.165, 1.54) is 22.5 Å². The molecular weight excluding hydrogens is 289 g/mol. The van der Waals surface area contributed by atoms with E-state index >= 15 is 0 Å². The second kappa shape index (κ2) is 6.65. The first-order valence-electron chi connectivity index (χ1n) is 6.44. The molecule has 2 rings (SSSR count). The fraction of sp³-hybridized carbons (Fsp3) is 0.125. The molecule has 3 nitrogen and oxygen atoms in total. The number of halogens is 1. The van der Waals surface area contributed by atoms with E-state index in [9.17, 15) is 12.8 Å². The molecule has 0 heterocycles. The molecule has 0 fully saturated rings. The SMILES string of the molecule is C=CCN(Cc1ccccc1)S(=O)(=O)c1ccc(F)cc1. The van der Waals surface area contributed by atoms with E-state index in [-0.39, 0.29) is 18.0 Å². The number of sulfonamides is 1. The van der Waals surface area contributed by atoms with Gasteiger partial charge in [0.1, 0.15) is 5.82 Å². The van der Waals surface area contributed by atoms with Crippen molar-refractivity contribution in [1.29, 1.82) is 0 Å². The smallest absolute Gasteiger partial charge is 0.207 e. The van der Waals surface area contributed by atoms with Gasteiger partial charge < -0.3 is 0 Å². The fourth-order valence-corrected chi connectivity index (χ4v) is 3.33. The highest BCUT2D eigenvalue weighted by Gasteiger charge is 2.23. The summed E-state index contributed by atoms with van der Waals surface area (Å²) in [6.45, 7) is 4.03. The zero-order chi connectivity index (χ0) is 15.3. The van der Waals surface area contributed by atoms with Gasteiger partial charge in [0.2, 0.25) is 10.0 Å². The van der Waals surface area contributed by atoms with E-state index in [0.29, 0.717) is 0 Å². The van der Waals surface area contributed by atoms with E-state index in [0.717, 1.165) is 17.7 Å². The minimum atomic E-state index is -3.68. The van der Waals surface area contributed by atoms with Gasteiger partial charge in [-0.15, -0.1) is 6.58 Å². The van der Waals surface area contributed by atoms with Crippen molar-refractivity contribution in [3.8, 4) is 0 Å². The third-order valence-corrected chi connectivity index (χ3v) is 4.81. The van der Waals surface area contributed by atoms with Crippen molar-refractivity contribution in [3.05, 3.63) is 78.6 Å². The minimum Gasteiger partial charge on any atom is -0.207 e. The van der Waals surface area contributed by atoms with E-state index < -0.39 is 15.8 Å². The molecule has 2 aromatic rings. The molecule has 2 aromatic carbocycles. The van der Waals surface area contributed by atoms with Crippen molar-refractivity contribution >= 4 is 10.0 Å². The first-order valence-corrected chi connectivity index (χ1v) is 7.88. The Kier molecular flexibility index (Phi) is 4.88. The summed E-state index contributed by atoms with van der Waals surface area (Å²) in [5.74, 6) is -0.465. The van der Waals surface area contributed by atoms with Gasteiger partial charge in [-0.3, -0.25) is 0 Å². The van der Waals surface area contributed by atoms with Gasteiger partial charge in [0.15, 0.2) is 0 Å². The van der Waals surface area contributed by atoms with Crippen LogP contribution in [-0.2, 0) is 16.6 Å². The number of hydrogen-bond acceptors (Lipinski definition) is 2. The van der Waals surface area contributed by atoms with Gasteiger partial charge >= 0.3 is 0 Å². The summed E-state index contributed by atoms with van der Waals surface area (Å²) < 4.78 is 39.4. The van der Waals surface area contributed by atoms with Crippen LogP contribution in [0.15, 0.2) is 72.1 Å². The van der Waals surface area contributed by atoms with Crippen LogP contribution in [0.1, 0.15) is 5.56 Å². The molecule has 0 aliphatic rings. The van der Waals surface area contributed by atoms with Crippen molar-refractivity contribution in [1.82, 2.24) is 4.31 Å². The Morgan fingerprint density at radius 3 is 2.24 bits per heavy atom. The Labute approximate surface area is 124 Å². The van der Waals surface area contributed by atoms with Crippen molar-refractivity contribution in [3.63, 3.8) is 0 Å². The van der Waals surface area contributed by atoms with E-state index in [4.69, 9.17) is 0 Å². The Bertz CT molecular complexity index is 697. The first kappa shape index (κ1) is 15.4. The summed E-state index contributed by atoms with van der Waals surface area (Å²) in [6.07, 6.45) is 1.53. The quantitative estimate of drug-likeness (QED) is 0.769. The molecule has 0 spiro atoms. The van der Waals surface area contributed by atoms with Crippen molar-refractivity contribution in [2.24, 2.45) is 0 Å². The highest BCUT2D eigenvalue weighted by Crippen LogP contribution is 2.18. The van der Waals surface area contributed by atoms with Crippen molar-refractivity contribution in [2.75, 3.05) is 6.54 Å². The minimum absolute atomic E-state index is 0.0710. The normalized spacial score (nSPS) is 11.5. The molecule has 0 unspecified atom stereocenters. The molecule has 0 saturated heterocycles. The second-order valence-corrected chi connectivity index (χ2v) is 6.46. The first-order chi connectivity index (χ1) is 10.0. The van der Waals surface area contributed by atoms with Crippen LogP contribution >= 0.6 is 0 Å². The van der Waals surface area contributed by atoms with Crippen LogP contribution < -0.4 is 0 Å². The average molecular weight is 305 g/mol. The number of nitrogens with zero attached hydrogens (tertiary/aromatic N) is 1. The largest absolute Gasteiger partial charge is 0.243 e. The summed E-state index contributed by atoms with van der Waals surface area (Å²) in [6, 6.07) is 14.1. The predicted molar refractivity (Wildman–Crippen MR) is 80.6 cm³/mol. The number of benzene rings is 2. The fourth-order valence-electron chi connectivity index (χ4n) is 1.93. The standard InChI is InChI=1S/C16H16FNO2S/c1-2-12-18(13-14-6-4-3-5-7-14)21(19,20)16-10-8-15(17)9-11-16/h2-11H,1,12-13H2. The lowest BCUT2D eigenvalue weighted by molar-refractivity contribution is 0.438. The molecule has 0 amide bonds. The molecule has 0 aliphatic heterocycles. The van der Waals surface area contributed by atoms with E-state index in [1.54, 1.807) is 0 Å². The Hall–Kier alpha value is -1.98. The van der Waals surface area contributed by atoms with Crippen molar-refractivity contribution < 1.29 is 12.8 Å². The number of rotatable bonds is 6. The van der Waals surface area contributed by atoms with Crippen LogP contribution in [0.4, 0.5) is 4.39 Å². The topological polar surface area (TPSA) is 37.4 Å². The highest BCUT2D eigenvalue weighted by molar-refractivity contribution is 7.89. The summed E-state index contributed by atoms with van der Waals surface area (Å²) in [5, 5.41) is 0. The van der Waals surface area contributed by atoms with Crippen LogP contribution in [0.2, 0.25) is 0 Å². The zero-order valence-corrected chi connectivity index (χ0v) is 12.3. The summed E-state index contributed by atoms with van der Waals surface area (Å²) in [7, 11) is -3.68. The molecule has 0 aromatic heterocycles. The lowest BCUT2D eigenvalue weighted by atomic mass is 10.2. The molecule has 0 aliphatic carbocycles. The molecule has 0 radical (unpaired) electrons. The monoisotopic (exact) mass is 305 g/mol. The molecule has 0 saturated carbocycles. The van der Waals surface area contributed by atoms with Gasteiger partial charge in [-0.25, -0.2) is 12.8 Å². The summed E-state index contributed by atoms with van der Waals surface area (Å²) in [5.41, 5.74) is 0.880. The van der Waals surface area contributed by atoms with Crippen LogP contribution in [0.5, 0.6) is 0 Å². The number of hydrogen-bond donors (Lipinski definition) is 0. The van der Waals surface area contributed by atoms with Gasteiger partial charge in [-0.05, 0) is 29.8 Å². The maximum atomic E-state index is 12.9. The third kappa shape index (κ3) is 3.77. The third-order valence-electron chi connectivity index (χ3n) is 2.99. The summed E-state index contributed by atoms with van der Waals surface area (Å²) >= 11 is 0. The van der Waals surface area contributed by atoms with Gasteiger partial charge in [0.05, 0.1) is 4.90 Å². The molecular formula is C16H16FNO2S. The Morgan fingerprint density at radius 2 is 1.67 bits per heavy atom. The zero-order valence-electron chi connectivity index (χ0n) is 11.4. The van der Waals surface area contributed by atoms with E-state index in [2.05, 4.69) is 6.58 Å². The van der Waals surface area contributed by atoms with E-state index in [1.807, 2.05) is 30.3 Å². The Balaban J connectivity index is 2.32. The molecule has 0 atom stereocenters. The molecule has 5 heteroatoms. The highest BCUT2D eigenvalue weighted by atomic mass is 32.2. The van der Waals surface area contributed by atoms with Gasteiger partial charge in [-0.1, -0.05) is 36.4 Å². The van der Waals surface area contributed by atoms with Gasteiger partial charge in [0, 0.05) is 13.1 Å². The molecule has 0 bridgehead atoms. The molecule has 21 heavy (non-hydrogen) atoms. The van der Waals surface area contributed by atoms with Crippen LogP contribution in [0.25, 0.3) is 0 Å². The summed E-state index contributed by atoms with van der Waals surface area (Å²) in [4.78, 5) is 0.0710. The maximum absolute atomic E-state index is 12.9. The lowest BCUT2D eigenvalue weighted by Gasteiger charge is -2.20. The van der Waals surface area contributed by atoms with Crippen LogP contribution in [0, 0.1) is 5.82 Å². The predicted octanol–water partition coefficient (Wildman–Crippen LogP) is 3.20. The average Bonchev–Trinajstić information content (AvgIpc) is 2.48. The van der Waals surface area contributed by atoms with Crippen molar-refractivity contribution in [2.45, 2.75) is 11.4 Å². The van der Waals surface area contributed by atoms with Gasteiger partial charge in [-0.2, -0.15) is 4.31 Å². The maximum Gasteiger partial charge on any atom is 0.243 e.